The minimum atomic E-state index is 0.0131. The van der Waals surface area contributed by atoms with E-state index in [-0.39, 0.29) is 5.56 Å². The molecule has 31 heavy (non-hydrogen) atoms. The van der Waals surface area contributed by atoms with Crippen LogP contribution in [0, 0.1) is 0 Å². The average molecular weight is 471 g/mol. The van der Waals surface area contributed by atoms with Crippen molar-refractivity contribution in [2.24, 2.45) is 0 Å². The molecule has 0 amide bonds. The van der Waals surface area contributed by atoms with Crippen LogP contribution in [-0.4, -0.2) is 19.7 Å². The molecule has 9 heteroatoms. The molecule has 158 valence electrons. The Morgan fingerprint density at radius 1 is 1.23 bits per heavy atom. The van der Waals surface area contributed by atoms with Gasteiger partial charge in [0.2, 0.25) is 11.8 Å². The van der Waals surface area contributed by atoms with Gasteiger partial charge in [-0.3, -0.25) is 9.36 Å². The lowest BCUT2D eigenvalue weighted by Gasteiger charge is -2.12. The zero-order chi connectivity index (χ0) is 21.4. The summed E-state index contributed by atoms with van der Waals surface area (Å²) in [6.07, 6.45) is 6.03. The van der Waals surface area contributed by atoms with Gasteiger partial charge in [-0.25, -0.2) is 4.98 Å². The van der Waals surface area contributed by atoms with Crippen LogP contribution in [0.25, 0.3) is 21.7 Å². The summed E-state index contributed by atoms with van der Waals surface area (Å²) in [7, 11) is 0. The summed E-state index contributed by atoms with van der Waals surface area (Å²) < 4.78 is 7.49. The minimum absolute atomic E-state index is 0.0131. The van der Waals surface area contributed by atoms with Gasteiger partial charge < -0.3 is 4.42 Å². The SMILES string of the molecule is C=CCn1c(SCc2nnc(-c3ccc(Cl)cc3)o2)nc2sc3c(c2c1=O)CCCC3. The van der Waals surface area contributed by atoms with Crippen LogP contribution in [0.5, 0.6) is 0 Å². The molecule has 0 spiro atoms. The Kier molecular flexibility index (Phi) is 5.69. The molecule has 4 aromatic rings. The number of rotatable bonds is 6. The molecule has 5 rings (SSSR count). The second-order valence-corrected chi connectivity index (χ2v) is 9.75. The summed E-state index contributed by atoms with van der Waals surface area (Å²) in [6.45, 7) is 4.22. The third-order valence-corrected chi connectivity index (χ3v) is 7.63. The van der Waals surface area contributed by atoms with Crippen molar-refractivity contribution in [1.82, 2.24) is 19.7 Å². The second kappa shape index (κ2) is 8.61. The van der Waals surface area contributed by atoms with Crippen molar-refractivity contribution in [2.45, 2.75) is 43.1 Å². The van der Waals surface area contributed by atoms with Crippen LogP contribution in [0.4, 0.5) is 0 Å². The molecule has 1 aliphatic rings. The number of hydrogen-bond donors (Lipinski definition) is 0. The number of allylic oxidation sites excluding steroid dienone is 1. The highest BCUT2D eigenvalue weighted by atomic mass is 35.5. The standard InChI is InChI=1S/C22H19ClN4O2S2/c1-2-11-27-21(28)18-15-5-3-4-6-16(15)31-20(18)24-22(27)30-12-17-25-26-19(29-17)13-7-9-14(23)10-8-13/h2,7-10H,1,3-6,11-12H2. The Bertz CT molecular complexity index is 1320. The number of benzene rings is 1. The van der Waals surface area contributed by atoms with E-state index in [0.29, 0.717) is 34.3 Å². The summed E-state index contributed by atoms with van der Waals surface area (Å²) in [5.41, 5.74) is 2.02. The fourth-order valence-corrected chi connectivity index (χ4v) is 6.04. The number of aromatic nitrogens is 4. The summed E-state index contributed by atoms with van der Waals surface area (Å²) in [5.74, 6) is 1.32. The van der Waals surface area contributed by atoms with Crippen molar-refractivity contribution in [1.29, 1.82) is 0 Å². The molecule has 0 radical (unpaired) electrons. The van der Waals surface area contributed by atoms with Crippen LogP contribution in [0.2, 0.25) is 5.02 Å². The smallest absolute Gasteiger partial charge is 0.263 e. The lowest BCUT2D eigenvalue weighted by atomic mass is 9.97. The van der Waals surface area contributed by atoms with Crippen molar-refractivity contribution in [3.63, 3.8) is 0 Å². The molecule has 1 aliphatic carbocycles. The van der Waals surface area contributed by atoms with Gasteiger partial charge in [0.15, 0.2) is 5.16 Å². The predicted octanol–water partition coefficient (Wildman–Crippen LogP) is 5.52. The number of halogens is 1. The maximum atomic E-state index is 13.3. The fraction of sp³-hybridized carbons (Fsp3) is 0.273. The number of thiophene rings is 1. The van der Waals surface area contributed by atoms with E-state index >= 15 is 0 Å². The highest BCUT2D eigenvalue weighted by molar-refractivity contribution is 7.98. The number of hydrogen-bond acceptors (Lipinski definition) is 7. The average Bonchev–Trinajstić information content (AvgIpc) is 3.39. The van der Waals surface area contributed by atoms with Gasteiger partial charge in [-0.15, -0.1) is 28.1 Å². The van der Waals surface area contributed by atoms with Gasteiger partial charge in [0.05, 0.1) is 11.1 Å². The van der Waals surface area contributed by atoms with Gasteiger partial charge in [-0.05, 0) is 55.5 Å². The van der Waals surface area contributed by atoms with Crippen molar-refractivity contribution in [2.75, 3.05) is 0 Å². The van der Waals surface area contributed by atoms with Crippen LogP contribution in [0.3, 0.4) is 0 Å². The first-order valence-electron chi connectivity index (χ1n) is 10.0. The minimum Gasteiger partial charge on any atom is -0.420 e. The third kappa shape index (κ3) is 3.95. The van der Waals surface area contributed by atoms with Gasteiger partial charge in [0.25, 0.3) is 5.56 Å². The van der Waals surface area contributed by atoms with E-state index < -0.39 is 0 Å². The number of aryl methyl sites for hydroxylation is 2. The Morgan fingerprint density at radius 3 is 2.84 bits per heavy atom. The summed E-state index contributed by atoms with van der Waals surface area (Å²) >= 11 is 9.01. The first-order chi connectivity index (χ1) is 15.1. The molecule has 0 atom stereocenters. The van der Waals surface area contributed by atoms with E-state index in [1.54, 1.807) is 34.1 Å². The van der Waals surface area contributed by atoms with Crippen LogP contribution >= 0.6 is 34.7 Å². The maximum Gasteiger partial charge on any atom is 0.263 e. The second-order valence-electron chi connectivity index (χ2n) is 7.29. The summed E-state index contributed by atoms with van der Waals surface area (Å²) in [4.78, 5) is 20.3. The molecular weight excluding hydrogens is 452 g/mol. The van der Waals surface area contributed by atoms with Gasteiger partial charge in [-0.2, -0.15) is 0 Å². The molecular formula is C22H19ClN4O2S2. The van der Waals surface area contributed by atoms with E-state index in [1.165, 1.54) is 28.6 Å². The van der Waals surface area contributed by atoms with Crippen LogP contribution in [-0.2, 0) is 25.1 Å². The zero-order valence-electron chi connectivity index (χ0n) is 16.6. The monoisotopic (exact) mass is 470 g/mol. The normalized spacial score (nSPS) is 13.5. The first kappa shape index (κ1) is 20.5. The van der Waals surface area contributed by atoms with Crippen molar-refractivity contribution >= 4 is 44.9 Å². The third-order valence-electron chi connectivity index (χ3n) is 5.23. The van der Waals surface area contributed by atoms with Crippen LogP contribution in [0.1, 0.15) is 29.2 Å². The Morgan fingerprint density at radius 2 is 2.03 bits per heavy atom. The Labute approximate surface area is 192 Å². The summed E-state index contributed by atoms with van der Waals surface area (Å²) in [5, 5.41) is 10.3. The van der Waals surface area contributed by atoms with E-state index in [0.717, 1.165) is 35.0 Å². The van der Waals surface area contributed by atoms with Crippen molar-refractivity contribution in [3.8, 4) is 11.5 Å². The molecule has 3 heterocycles. The topological polar surface area (TPSA) is 73.8 Å². The molecule has 0 fully saturated rings. The lowest BCUT2D eigenvalue weighted by Crippen LogP contribution is -2.23. The Hall–Kier alpha value is -2.42. The van der Waals surface area contributed by atoms with E-state index in [2.05, 4.69) is 16.8 Å². The maximum absolute atomic E-state index is 13.3. The van der Waals surface area contributed by atoms with E-state index in [4.69, 9.17) is 21.0 Å². The van der Waals surface area contributed by atoms with Crippen LogP contribution in [0.15, 0.2) is 51.3 Å². The summed E-state index contributed by atoms with van der Waals surface area (Å²) in [6, 6.07) is 7.23. The number of fused-ring (bicyclic) bond motifs is 3. The number of nitrogens with zero attached hydrogens (tertiary/aromatic N) is 4. The van der Waals surface area contributed by atoms with Gasteiger partial charge in [-0.1, -0.05) is 29.4 Å². The van der Waals surface area contributed by atoms with Gasteiger partial charge >= 0.3 is 0 Å². The first-order valence-corrected chi connectivity index (χ1v) is 12.2. The highest BCUT2D eigenvalue weighted by Crippen LogP contribution is 2.35. The van der Waals surface area contributed by atoms with Crippen molar-refractivity contribution in [3.05, 3.63) is 68.6 Å². The quantitative estimate of drug-likeness (QED) is 0.210. The highest BCUT2D eigenvalue weighted by Gasteiger charge is 2.22. The van der Waals surface area contributed by atoms with Gasteiger partial charge in [0, 0.05) is 22.0 Å². The Balaban J connectivity index is 1.45. The molecule has 0 bridgehead atoms. The molecule has 0 aliphatic heterocycles. The van der Waals surface area contributed by atoms with Gasteiger partial charge in [0.1, 0.15) is 4.83 Å². The number of thioether (sulfide) groups is 1. The molecule has 0 N–H and O–H groups in total. The lowest BCUT2D eigenvalue weighted by molar-refractivity contribution is 0.528. The molecule has 0 unspecified atom stereocenters. The molecule has 0 saturated carbocycles. The van der Waals surface area contributed by atoms with Crippen LogP contribution < -0.4 is 5.56 Å². The molecule has 3 aromatic heterocycles. The predicted molar refractivity (Wildman–Crippen MR) is 125 cm³/mol. The molecule has 1 aromatic carbocycles. The van der Waals surface area contributed by atoms with Crippen molar-refractivity contribution < 1.29 is 4.42 Å². The zero-order valence-corrected chi connectivity index (χ0v) is 19.0. The molecule has 6 nitrogen and oxygen atoms in total. The fourth-order valence-electron chi connectivity index (χ4n) is 3.77. The largest absolute Gasteiger partial charge is 0.420 e. The van der Waals surface area contributed by atoms with E-state index in [9.17, 15) is 4.79 Å². The molecule has 0 saturated heterocycles. The van der Waals surface area contributed by atoms with E-state index in [1.807, 2.05) is 12.1 Å².